The summed E-state index contributed by atoms with van der Waals surface area (Å²) in [4.78, 5) is 51.8. The molecule has 0 radical (unpaired) electrons. The van der Waals surface area contributed by atoms with E-state index < -0.39 is 16.9 Å². The van der Waals surface area contributed by atoms with E-state index in [-0.39, 0.29) is 53.3 Å². The maximum atomic E-state index is 13.4. The molecule has 2 aromatic carbocycles. The molecule has 5 atom stereocenters. The Morgan fingerprint density at radius 3 is 2.31 bits per heavy atom. The number of nitrogens with zero attached hydrogens (tertiary/aromatic N) is 2. The van der Waals surface area contributed by atoms with Crippen LogP contribution in [0.3, 0.4) is 0 Å². The number of likely N-dealkylation sites (tertiary alicyclic amines) is 1. The van der Waals surface area contributed by atoms with Crippen LogP contribution in [0.5, 0.6) is 0 Å². The van der Waals surface area contributed by atoms with E-state index in [9.17, 15) is 24.5 Å². The number of non-ortho nitro benzene ring substituents is 1. The van der Waals surface area contributed by atoms with Gasteiger partial charge in [-0.05, 0) is 42.7 Å². The first-order valence-corrected chi connectivity index (χ1v) is 10.9. The van der Waals surface area contributed by atoms with Gasteiger partial charge in [-0.1, -0.05) is 36.4 Å². The maximum Gasteiger partial charge on any atom is 0.271 e. The Morgan fingerprint density at radius 2 is 1.69 bits per heavy atom. The standard InChI is InChI=1S/C24H23N3O5/c28-22(25-17-7-4-8-18(13-17)27(31)32)19(11-14-5-2-1-3-6-14)26-23(29)20-15-9-10-16(12-15)21(20)24(26)30/h1-8,13,15-16,19-21H,9-12H2,(H,25,28)/t15-,16-,19-,20-,21-/m0/s1. The summed E-state index contributed by atoms with van der Waals surface area (Å²) in [6.45, 7) is 0. The molecule has 3 aliphatic rings. The van der Waals surface area contributed by atoms with Crippen molar-refractivity contribution in [2.75, 3.05) is 5.32 Å². The summed E-state index contributed by atoms with van der Waals surface area (Å²) in [5.74, 6) is -1.20. The lowest BCUT2D eigenvalue weighted by Crippen LogP contribution is -2.49. The van der Waals surface area contributed by atoms with Crippen molar-refractivity contribution in [2.24, 2.45) is 23.7 Å². The first kappa shape index (κ1) is 20.4. The molecule has 1 saturated heterocycles. The fourth-order valence-electron chi connectivity index (χ4n) is 5.80. The predicted octanol–water partition coefficient (Wildman–Crippen LogP) is 3.18. The summed E-state index contributed by atoms with van der Waals surface area (Å²) in [7, 11) is 0. The number of fused-ring (bicyclic) bond motifs is 5. The van der Waals surface area contributed by atoms with Crippen molar-refractivity contribution in [3.05, 3.63) is 70.3 Å². The maximum absolute atomic E-state index is 13.4. The van der Waals surface area contributed by atoms with Gasteiger partial charge in [0.2, 0.25) is 17.7 Å². The van der Waals surface area contributed by atoms with Crippen molar-refractivity contribution in [2.45, 2.75) is 31.7 Å². The van der Waals surface area contributed by atoms with Crippen molar-refractivity contribution in [3.63, 3.8) is 0 Å². The third-order valence-electron chi connectivity index (χ3n) is 7.17. The van der Waals surface area contributed by atoms with Crippen LogP contribution < -0.4 is 5.32 Å². The molecule has 1 N–H and O–H groups in total. The zero-order valence-electron chi connectivity index (χ0n) is 17.3. The lowest BCUT2D eigenvalue weighted by Gasteiger charge is -2.27. The highest BCUT2D eigenvalue weighted by atomic mass is 16.6. The zero-order valence-corrected chi connectivity index (χ0v) is 17.3. The summed E-state index contributed by atoms with van der Waals surface area (Å²) in [6, 6.07) is 13.9. The fraction of sp³-hybridized carbons (Fsp3) is 0.375. The van der Waals surface area contributed by atoms with Crippen LogP contribution in [0.2, 0.25) is 0 Å². The van der Waals surface area contributed by atoms with Crippen molar-refractivity contribution >= 4 is 29.1 Å². The summed E-state index contributed by atoms with van der Waals surface area (Å²) < 4.78 is 0. The SMILES string of the molecule is O=C(Nc1cccc([N+](=O)[O-])c1)[C@H](Cc1ccccc1)N1C(=O)[C@H]2[C@H]3CC[C@@H](C3)[C@@H]2C1=O. The molecule has 1 aliphatic heterocycles. The van der Waals surface area contributed by atoms with Crippen molar-refractivity contribution in [3.8, 4) is 0 Å². The monoisotopic (exact) mass is 433 g/mol. The summed E-state index contributed by atoms with van der Waals surface area (Å²) in [5, 5.41) is 13.8. The fourth-order valence-corrected chi connectivity index (χ4v) is 5.80. The second kappa shape index (κ2) is 7.85. The first-order chi connectivity index (χ1) is 15.4. The number of anilines is 1. The van der Waals surface area contributed by atoms with Gasteiger partial charge in [0.25, 0.3) is 5.69 Å². The number of nitro benzene ring substituents is 1. The number of nitrogens with one attached hydrogen (secondary N) is 1. The second-order valence-corrected chi connectivity index (χ2v) is 8.93. The molecular formula is C24H23N3O5. The number of hydrogen-bond donors (Lipinski definition) is 1. The van der Waals surface area contributed by atoms with Gasteiger partial charge in [0.1, 0.15) is 6.04 Å². The van der Waals surface area contributed by atoms with Gasteiger partial charge in [0.05, 0.1) is 16.8 Å². The predicted molar refractivity (Wildman–Crippen MR) is 115 cm³/mol. The molecule has 2 bridgehead atoms. The van der Waals surface area contributed by atoms with E-state index in [0.717, 1.165) is 24.8 Å². The highest BCUT2D eigenvalue weighted by Gasteiger charge is 2.62. The molecular weight excluding hydrogens is 410 g/mol. The van der Waals surface area contributed by atoms with Gasteiger partial charge >= 0.3 is 0 Å². The van der Waals surface area contributed by atoms with Crippen LogP contribution in [-0.2, 0) is 20.8 Å². The Hall–Kier alpha value is -3.55. The minimum Gasteiger partial charge on any atom is -0.324 e. The molecule has 164 valence electrons. The van der Waals surface area contributed by atoms with E-state index >= 15 is 0 Å². The second-order valence-electron chi connectivity index (χ2n) is 8.93. The van der Waals surface area contributed by atoms with E-state index in [2.05, 4.69) is 5.32 Å². The summed E-state index contributed by atoms with van der Waals surface area (Å²) in [6.07, 6.45) is 3.03. The molecule has 0 unspecified atom stereocenters. The molecule has 0 aromatic heterocycles. The molecule has 1 heterocycles. The van der Waals surface area contributed by atoms with Crippen molar-refractivity contribution < 1.29 is 19.3 Å². The molecule has 2 aromatic rings. The molecule has 32 heavy (non-hydrogen) atoms. The number of carbonyl (C=O) groups is 3. The van der Waals surface area contributed by atoms with Crippen LogP contribution >= 0.6 is 0 Å². The minimum atomic E-state index is -1.01. The van der Waals surface area contributed by atoms with E-state index in [0.29, 0.717) is 0 Å². The van der Waals surface area contributed by atoms with Crippen LogP contribution in [0.4, 0.5) is 11.4 Å². The number of nitro groups is 1. The van der Waals surface area contributed by atoms with Crippen molar-refractivity contribution in [1.29, 1.82) is 0 Å². The quantitative estimate of drug-likeness (QED) is 0.427. The topological polar surface area (TPSA) is 110 Å². The largest absolute Gasteiger partial charge is 0.324 e. The number of amides is 3. The Labute approximate surface area is 184 Å². The molecule has 5 rings (SSSR count). The third kappa shape index (κ3) is 3.36. The van der Waals surface area contributed by atoms with E-state index in [1.807, 2.05) is 30.3 Å². The summed E-state index contributed by atoms with van der Waals surface area (Å²) in [5.41, 5.74) is 0.927. The number of carbonyl (C=O) groups excluding carboxylic acids is 3. The Morgan fingerprint density at radius 1 is 1.03 bits per heavy atom. The lowest BCUT2D eigenvalue weighted by molar-refractivity contribution is -0.384. The molecule has 8 heteroatoms. The van der Waals surface area contributed by atoms with Crippen LogP contribution in [-0.4, -0.2) is 33.6 Å². The zero-order chi connectivity index (χ0) is 22.4. The highest BCUT2D eigenvalue weighted by molar-refractivity contribution is 6.10. The van der Waals surface area contributed by atoms with Crippen LogP contribution in [0, 0.1) is 33.8 Å². The Kier molecular flexibility index (Phi) is 5.00. The molecule has 2 saturated carbocycles. The van der Waals surface area contributed by atoms with E-state index in [1.54, 1.807) is 6.07 Å². The van der Waals surface area contributed by atoms with E-state index in [1.165, 1.54) is 23.1 Å². The van der Waals surface area contributed by atoms with Gasteiger partial charge in [-0.15, -0.1) is 0 Å². The van der Waals surface area contributed by atoms with E-state index in [4.69, 9.17) is 0 Å². The number of imide groups is 1. The Bertz CT molecular complexity index is 1070. The average molecular weight is 433 g/mol. The molecule has 8 nitrogen and oxygen atoms in total. The lowest BCUT2D eigenvalue weighted by atomic mass is 9.81. The Balaban J connectivity index is 1.45. The van der Waals surface area contributed by atoms with Gasteiger partial charge in [-0.2, -0.15) is 0 Å². The van der Waals surface area contributed by atoms with Gasteiger partial charge in [0, 0.05) is 24.2 Å². The number of hydrogen-bond acceptors (Lipinski definition) is 5. The number of rotatable bonds is 6. The summed E-state index contributed by atoms with van der Waals surface area (Å²) >= 11 is 0. The normalized spacial score (nSPS) is 26.8. The molecule has 2 aliphatic carbocycles. The third-order valence-corrected chi connectivity index (χ3v) is 7.17. The molecule has 3 amide bonds. The van der Waals surface area contributed by atoms with Gasteiger partial charge in [-0.3, -0.25) is 29.4 Å². The first-order valence-electron chi connectivity index (χ1n) is 10.9. The van der Waals surface area contributed by atoms with Gasteiger partial charge in [-0.25, -0.2) is 0 Å². The number of benzene rings is 2. The molecule has 3 fully saturated rings. The van der Waals surface area contributed by atoms with Crippen molar-refractivity contribution in [1.82, 2.24) is 4.90 Å². The average Bonchev–Trinajstić information content (AvgIpc) is 3.47. The molecule has 0 spiro atoms. The van der Waals surface area contributed by atoms with Crippen LogP contribution in [0.15, 0.2) is 54.6 Å². The highest BCUT2D eigenvalue weighted by Crippen LogP contribution is 2.56. The van der Waals surface area contributed by atoms with Gasteiger partial charge in [0.15, 0.2) is 0 Å². The van der Waals surface area contributed by atoms with Gasteiger partial charge < -0.3 is 5.32 Å². The van der Waals surface area contributed by atoms with Crippen LogP contribution in [0.25, 0.3) is 0 Å². The smallest absolute Gasteiger partial charge is 0.271 e. The minimum absolute atomic E-state index is 0.151. The van der Waals surface area contributed by atoms with Crippen LogP contribution in [0.1, 0.15) is 24.8 Å².